The first-order valence-electron chi connectivity index (χ1n) is 9.22. The molecule has 0 heterocycles. The van der Waals surface area contributed by atoms with Gasteiger partial charge in [-0.1, -0.05) is 48.9 Å². The molecule has 0 saturated heterocycles. The van der Waals surface area contributed by atoms with E-state index in [1.807, 2.05) is 6.08 Å². The highest BCUT2D eigenvalue weighted by atomic mass is 127. The van der Waals surface area contributed by atoms with Crippen molar-refractivity contribution in [1.29, 1.82) is 0 Å². The summed E-state index contributed by atoms with van der Waals surface area (Å²) in [6.07, 6.45) is 8.37. The maximum Gasteiger partial charge on any atom is 0.168 e. The molecule has 0 spiro atoms. The number of hydrogen-bond acceptors (Lipinski definition) is 2. The Morgan fingerprint density at radius 1 is 1.09 bits per heavy atom. The SMILES string of the molecule is CC1C(I)C(=O)C=C2CC[C@H]3[C@@H]4CCC(=O)[C@@]4(C)CC[C@@H]3[C@]21C. The van der Waals surface area contributed by atoms with Gasteiger partial charge in [-0.25, -0.2) is 0 Å². The highest BCUT2D eigenvalue weighted by Crippen LogP contribution is 2.65. The van der Waals surface area contributed by atoms with E-state index in [-0.39, 0.29) is 14.8 Å². The van der Waals surface area contributed by atoms with Crippen molar-refractivity contribution in [3.63, 3.8) is 0 Å². The van der Waals surface area contributed by atoms with E-state index in [9.17, 15) is 9.59 Å². The fourth-order valence-electron chi connectivity index (χ4n) is 6.69. The number of rotatable bonds is 0. The predicted molar refractivity (Wildman–Crippen MR) is 99.5 cm³/mol. The molecule has 0 aliphatic heterocycles. The van der Waals surface area contributed by atoms with E-state index in [1.165, 1.54) is 18.4 Å². The molecule has 0 aromatic carbocycles. The Hall–Kier alpha value is -0.190. The molecule has 7 atom stereocenters. The highest BCUT2D eigenvalue weighted by molar-refractivity contribution is 14.1. The van der Waals surface area contributed by atoms with E-state index in [2.05, 4.69) is 43.4 Å². The molecule has 0 radical (unpaired) electrons. The van der Waals surface area contributed by atoms with Gasteiger partial charge in [0, 0.05) is 11.8 Å². The van der Waals surface area contributed by atoms with Gasteiger partial charge >= 0.3 is 0 Å². The summed E-state index contributed by atoms with van der Waals surface area (Å²) in [7, 11) is 0. The summed E-state index contributed by atoms with van der Waals surface area (Å²) in [5, 5.41) is 0. The largest absolute Gasteiger partial charge is 0.299 e. The molecule has 4 rings (SSSR count). The quantitative estimate of drug-likeness (QED) is 0.414. The van der Waals surface area contributed by atoms with E-state index >= 15 is 0 Å². The number of hydrogen-bond donors (Lipinski definition) is 0. The van der Waals surface area contributed by atoms with Crippen LogP contribution in [0, 0.1) is 34.5 Å². The van der Waals surface area contributed by atoms with Crippen LogP contribution >= 0.6 is 22.6 Å². The minimum Gasteiger partial charge on any atom is -0.299 e. The lowest BCUT2D eigenvalue weighted by Crippen LogP contribution is -2.55. The van der Waals surface area contributed by atoms with Gasteiger partial charge in [-0.3, -0.25) is 9.59 Å². The third kappa shape index (κ3) is 1.98. The molecule has 0 aromatic heterocycles. The first-order chi connectivity index (χ1) is 10.8. The fraction of sp³-hybridized carbons (Fsp3) is 0.800. The van der Waals surface area contributed by atoms with Gasteiger partial charge in [0.1, 0.15) is 5.78 Å². The molecule has 4 aliphatic carbocycles. The van der Waals surface area contributed by atoms with Gasteiger partial charge in [-0.05, 0) is 67.3 Å². The van der Waals surface area contributed by atoms with Crippen LogP contribution in [-0.4, -0.2) is 15.5 Å². The molecule has 0 amide bonds. The van der Waals surface area contributed by atoms with Crippen molar-refractivity contribution in [1.82, 2.24) is 0 Å². The van der Waals surface area contributed by atoms with Crippen LogP contribution in [0.4, 0.5) is 0 Å². The minimum absolute atomic E-state index is 0.0454. The molecule has 0 bridgehead atoms. The van der Waals surface area contributed by atoms with Crippen LogP contribution in [0.25, 0.3) is 0 Å². The van der Waals surface area contributed by atoms with Gasteiger partial charge in [-0.2, -0.15) is 0 Å². The van der Waals surface area contributed by atoms with Crippen molar-refractivity contribution in [2.45, 2.75) is 63.2 Å². The maximum absolute atomic E-state index is 12.5. The summed E-state index contributed by atoms with van der Waals surface area (Å²) >= 11 is 2.36. The number of allylic oxidation sites excluding steroid dienone is 1. The lowest BCUT2D eigenvalue weighted by molar-refractivity contribution is -0.133. The average molecular weight is 426 g/mol. The molecular weight excluding hydrogens is 399 g/mol. The van der Waals surface area contributed by atoms with E-state index in [0.29, 0.717) is 35.2 Å². The zero-order valence-corrected chi connectivity index (χ0v) is 16.6. The number of Topliss-reactive ketones (excluding diaryl/α,β-unsaturated/α-hetero) is 1. The molecular formula is C20H27IO2. The van der Waals surface area contributed by atoms with Crippen molar-refractivity contribution < 1.29 is 9.59 Å². The third-order valence-electron chi connectivity index (χ3n) is 8.33. The molecule has 3 saturated carbocycles. The highest BCUT2D eigenvalue weighted by Gasteiger charge is 2.61. The lowest BCUT2D eigenvalue weighted by atomic mass is 9.45. The molecule has 2 nitrogen and oxygen atoms in total. The number of carbonyl (C=O) groups is 2. The Balaban J connectivity index is 1.75. The molecule has 0 N–H and O–H groups in total. The van der Waals surface area contributed by atoms with Crippen molar-refractivity contribution in [2.75, 3.05) is 0 Å². The van der Waals surface area contributed by atoms with Crippen molar-refractivity contribution in [3.05, 3.63) is 11.6 Å². The third-order valence-corrected chi connectivity index (χ3v) is 10.0. The first kappa shape index (κ1) is 16.3. The van der Waals surface area contributed by atoms with Crippen LogP contribution in [0.5, 0.6) is 0 Å². The minimum atomic E-state index is -0.0454. The Morgan fingerprint density at radius 2 is 1.83 bits per heavy atom. The van der Waals surface area contributed by atoms with Gasteiger partial charge in [0.15, 0.2) is 5.78 Å². The Morgan fingerprint density at radius 3 is 2.57 bits per heavy atom. The Kier molecular flexibility index (Phi) is 3.65. The van der Waals surface area contributed by atoms with E-state index < -0.39 is 0 Å². The lowest BCUT2D eigenvalue weighted by Gasteiger charge is -2.59. The standard InChI is InChI=1S/C20H27IO2/c1-11-18(21)16(22)10-12-4-5-13-14-6-7-17(23)19(14,2)9-8-15(13)20(11,12)3/h10-11,13-15,18H,4-9H2,1-3H3/t11?,13-,14-,15-,18?,19-,20-/m0/s1. The second-order valence-electron chi connectivity index (χ2n) is 8.88. The smallest absolute Gasteiger partial charge is 0.168 e. The van der Waals surface area contributed by atoms with Crippen molar-refractivity contribution in [2.24, 2.45) is 34.5 Å². The molecule has 4 aliphatic rings. The van der Waals surface area contributed by atoms with Crippen LogP contribution in [0.2, 0.25) is 0 Å². The Labute approximate surface area is 153 Å². The van der Waals surface area contributed by atoms with Crippen LogP contribution in [-0.2, 0) is 9.59 Å². The number of fused-ring (bicyclic) bond motifs is 5. The van der Waals surface area contributed by atoms with Gasteiger partial charge < -0.3 is 0 Å². The van der Waals surface area contributed by atoms with Crippen LogP contribution in [0.15, 0.2) is 11.6 Å². The first-order valence-corrected chi connectivity index (χ1v) is 10.5. The molecule has 3 heteroatoms. The summed E-state index contributed by atoms with van der Waals surface area (Å²) in [6, 6.07) is 0. The van der Waals surface area contributed by atoms with E-state index in [4.69, 9.17) is 0 Å². The van der Waals surface area contributed by atoms with Gasteiger partial charge in [-0.15, -0.1) is 0 Å². The predicted octanol–water partition coefficient (Wildman–Crippen LogP) is 4.75. The second kappa shape index (κ2) is 5.15. The van der Waals surface area contributed by atoms with Crippen molar-refractivity contribution in [3.8, 4) is 0 Å². The molecule has 3 fully saturated rings. The van der Waals surface area contributed by atoms with Crippen molar-refractivity contribution >= 4 is 34.2 Å². The van der Waals surface area contributed by atoms with Crippen LogP contribution < -0.4 is 0 Å². The van der Waals surface area contributed by atoms with E-state index in [1.54, 1.807) is 0 Å². The summed E-state index contributed by atoms with van der Waals surface area (Å²) in [5.41, 5.74) is 1.53. The number of alkyl halides is 1. The summed E-state index contributed by atoms with van der Waals surface area (Å²) in [4.78, 5) is 24.8. The van der Waals surface area contributed by atoms with E-state index in [0.717, 1.165) is 25.7 Å². The molecule has 126 valence electrons. The summed E-state index contributed by atoms with van der Waals surface area (Å²) in [6.45, 7) is 6.96. The van der Waals surface area contributed by atoms with Crippen LogP contribution in [0.1, 0.15) is 59.3 Å². The number of halogens is 1. The van der Waals surface area contributed by atoms with Gasteiger partial charge in [0.05, 0.1) is 3.92 Å². The molecule has 23 heavy (non-hydrogen) atoms. The molecule has 0 aromatic rings. The zero-order chi connectivity index (χ0) is 16.6. The van der Waals surface area contributed by atoms with Crippen LogP contribution in [0.3, 0.4) is 0 Å². The van der Waals surface area contributed by atoms with Gasteiger partial charge in [0.2, 0.25) is 0 Å². The maximum atomic E-state index is 12.5. The Bertz CT molecular complexity index is 609. The molecule has 2 unspecified atom stereocenters. The average Bonchev–Trinajstić information content (AvgIpc) is 2.83. The second-order valence-corrected chi connectivity index (χ2v) is 10.2. The number of ketones is 2. The zero-order valence-electron chi connectivity index (χ0n) is 14.4. The topological polar surface area (TPSA) is 34.1 Å². The fourth-order valence-corrected chi connectivity index (χ4v) is 7.62. The number of carbonyl (C=O) groups excluding carboxylic acids is 2. The normalized spacial score (nSPS) is 52.5. The van der Waals surface area contributed by atoms with Gasteiger partial charge in [0.25, 0.3) is 0 Å². The monoisotopic (exact) mass is 426 g/mol. The summed E-state index contributed by atoms with van der Waals surface area (Å²) in [5.74, 6) is 3.18. The summed E-state index contributed by atoms with van der Waals surface area (Å²) < 4.78 is 0.110.